The Morgan fingerprint density at radius 3 is 2.67 bits per heavy atom. The highest BCUT2D eigenvalue weighted by atomic mass is 16.4. The molecule has 0 fully saturated rings. The lowest BCUT2D eigenvalue weighted by Gasteiger charge is -2.03. The van der Waals surface area contributed by atoms with Gasteiger partial charge in [-0.1, -0.05) is 6.08 Å². The number of carboxylic acid groups (broad SMARTS) is 1. The van der Waals surface area contributed by atoms with Crippen LogP contribution in [0, 0.1) is 0 Å². The first kappa shape index (κ1) is 8.01. The van der Waals surface area contributed by atoms with Crippen LogP contribution in [0.15, 0.2) is 12.3 Å². The van der Waals surface area contributed by atoms with E-state index in [-0.39, 0.29) is 0 Å². The average molecular weight is 129 g/mol. The van der Waals surface area contributed by atoms with E-state index in [1.807, 2.05) is 6.92 Å². The lowest BCUT2D eigenvalue weighted by molar-refractivity contribution is -0.138. The third-order valence-electron chi connectivity index (χ3n) is 0.883. The summed E-state index contributed by atoms with van der Waals surface area (Å²) in [7, 11) is 0. The van der Waals surface area contributed by atoms with Crippen LogP contribution >= 0.6 is 0 Å². The van der Waals surface area contributed by atoms with Gasteiger partial charge in [0.2, 0.25) is 0 Å². The molecule has 9 heavy (non-hydrogen) atoms. The zero-order valence-corrected chi connectivity index (χ0v) is 5.59. The maximum atomic E-state index is 10.1. The topological polar surface area (TPSA) is 49.3 Å². The van der Waals surface area contributed by atoms with Crippen LogP contribution in [0.25, 0.3) is 0 Å². The van der Waals surface area contributed by atoms with Gasteiger partial charge < -0.3 is 10.4 Å². The minimum atomic E-state index is -0.840. The number of carboxylic acids is 1. The molecule has 0 heterocycles. The fourth-order valence-electron chi connectivity index (χ4n) is 0.312. The molecule has 0 rings (SSSR count). The quantitative estimate of drug-likeness (QED) is 0.586. The molecule has 1 atom stereocenters. The molecular weight excluding hydrogens is 118 g/mol. The fraction of sp³-hybridized carbons (Fsp3) is 0.500. The molecule has 0 unspecified atom stereocenters. The molecule has 3 nitrogen and oxygen atoms in total. The first-order valence-corrected chi connectivity index (χ1v) is 2.78. The Hall–Kier alpha value is -0.990. The smallest absolute Gasteiger partial charge is 0.325 e. The molecule has 0 aromatic rings. The summed E-state index contributed by atoms with van der Waals surface area (Å²) in [5.41, 5.74) is 0. The highest BCUT2D eigenvalue weighted by Gasteiger charge is 2.05. The summed E-state index contributed by atoms with van der Waals surface area (Å²) in [6.45, 7) is 3.41. The molecule has 0 spiro atoms. The number of carbonyl (C=O) groups is 1. The number of allylic oxidation sites excluding steroid dienone is 1. The Labute approximate surface area is 54.4 Å². The number of nitrogens with one attached hydrogen (secondary N) is 1. The van der Waals surface area contributed by atoms with Crippen molar-refractivity contribution in [1.29, 1.82) is 0 Å². The van der Waals surface area contributed by atoms with Crippen molar-refractivity contribution in [3.63, 3.8) is 0 Å². The molecule has 0 saturated heterocycles. The zero-order valence-electron chi connectivity index (χ0n) is 5.59. The van der Waals surface area contributed by atoms with Crippen molar-refractivity contribution < 1.29 is 9.90 Å². The molecular formula is C6H11NO2. The predicted octanol–water partition coefficient (Wildman–Crippen LogP) is 0.583. The standard InChI is InChI=1S/C6H11NO2/c1-3-4-7-5(2)6(8)9/h3-5,7H,1-2H3,(H,8,9)/b4-3-/t5-/m0/s1. The molecule has 0 aliphatic rings. The van der Waals surface area contributed by atoms with Crippen molar-refractivity contribution >= 4 is 5.97 Å². The third kappa shape index (κ3) is 3.58. The first-order valence-electron chi connectivity index (χ1n) is 2.78. The molecule has 52 valence electrons. The Balaban J connectivity index is 3.50. The van der Waals surface area contributed by atoms with Crippen molar-refractivity contribution in [3.8, 4) is 0 Å². The second-order valence-electron chi connectivity index (χ2n) is 1.73. The molecule has 3 heteroatoms. The summed E-state index contributed by atoms with van der Waals surface area (Å²) in [4.78, 5) is 10.1. The molecule has 0 radical (unpaired) electrons. The summed E-state index contributed by atoms with van der Waals surface area (Å²) in [5, 5.41) is 11.0. The van der Waals surface area contributed by atoms with Gasteiger partial charge in [-0.25, -0.2) is 0 Å². The molecule has 0 aromatic heterocycles. The Kier molecular flexibility index (Phi) is 3.51. The van der Waals surface area contributed by atoms with Crippen LogP contribution in [0.4, 0.5) is 0 Å². The van der Waals surface area contributed by atoms with Crippen LogP contribution in [0.3, 0.4) is 0 Å². The highest BCUT2D eigenvalue weighted by Crippen LogP contribution is 1.79. The van der Waals surface area contributed by atoms with E-state index in [0.29, 0.717) is 0 Å². The molecule has 0 amide bonds. The van der Waals surface area contributed by atoms with Crippen molar-refractivity contribution in [3.05, 3.63) is 12.3 Å². The van der Waals surface area contributed by atoms with E-state index in [4.69, 9.17) is 5.11 Å². The molecule has 0 aliphatic carbocycles. The van der Waals surface area contributed by atoms with Gasteiger partial charge in [0.05, 0.1) is 0 Å². The van der Waals surface area contributed by atoms with E-state index in [0.717, 1.165) is 0 Å². The van der Waals surface area contributed by atoms with E-state index < -0.39 is 12.0 Å². The van der Waals surface area contributed by atoms with Crippen LogP contribution in [0.5, 0.6) is 0 Å². The summed E-state index contributed by atoms with van der Waals surface area (Å²) in [5.74, 6) is -0.840. The van der Waals surface area contributed by atoms with Gasteiger partial charge in [0.15, 0.2) is 0 Å². The highest BCUT2D eigenvalue weighted by molar-refractivity contribution is 5.72. The first-order chi connectivity index (χ1) is 4.18. The number of hydrogen-bond donors (Lipinski definition) is 2. The van der Waals surface area contributed by atoms with Gasteiger partial charge in [-0.05, 0) is 20.0 Å². The maximum absolute atomic E-state index is 10.1. The van der Waals surface area contributed by atoms with Gasteiger partial charge in [-0.15, -0.1) is 0 Å². The normalized spacial score (nSPS) is 13.6. The maximum Gasteiger partial charge on any atom is 0.325 e. The lowest BCUT2D eigenvalue weighted by Crippen LogP contribution is -2.29. The van der Waals surface area contributed by atoms with E-state index in [2.05, 4.69) is 5.32 Å². The van der Waals surface area contributed by atoms with E-state index in [9.17, 15) is 4.79 Å². The zero-order chi connectivity index (χ0) is 7.28. The van der Waals surface area contributed by atoms with Crippen molar-refractivity contribution in [1.82, 2.24) is 5.32 Å². The van der Waals surface area contributed by atoms with Gasteiger partial charge in [0.25, 0.3) is 0 Å². The van der Waals surface area contributed by atoms with Crippen molar-refractivity contribution in [2.75, 3.05) is 0 Å². The van der Waals surface area contributed by atoms with Gasteiger partial charge in [0, 0.05) is 0 Å². The minimum absolute atomic E-state index is 0.499. The van der Waals surface area contributed by atoms with Crippen LogP contribution in [0.2, 0.25) is 0 Å². The van der Waals surface area contributed by atoms with E-state index in [1.54, 1.807) is 19.2 Å². The second-order valence-corrected chi connectivity index (χ2v) is 1.73. The second kappa shape index (κ2) is 3.95. The number of aliphatic carboxylic acids is 1. The predicted molar refractivity (Wildman–Crippen MR) is 35.0 cm³/mol. The van der Waals surface area contributed by atoms with Gasteiger partial charge in [-0.2, -0.15) is 0 Å². The number of rotatable bonds is 3. The minimum Gasteiger partial charge on any atom is -0.480 e. The Bertz CT molecular complexity index is 120. The summed E-state index contributed by atoms with van der Waals surface area (Å²) < 4.78 is 0. The number of hydrogen-bond acceptors (Lipinski definition) is 2. The SMILES string of the molecule is C/C=C\N[C@@H](C)C(=O)O. The fourth-order valence-corrected chi connectivity index (χ4v) is 0.312. The lowest BCUT2D eigenvalue weighted by atomic mass is 10.3. The third-order valence-corrected chi connectivity index (χ3v) is 0.883. The average Bonchev–Trinajstić information content (AvgIpc) is 1.82. The van der Waals surface area contributed by atoms with Crippen LogP contribution < -0.4 is 5.32 Å². The Morgan fingerprint density at radius 2 is 2.33 bits per heavy atom. The molecule has 0 aromatic carbocycles. The monoisotopic (exact) mass is 129 g/mol. The molecule has 0 saturated carbocycles. The van der Waals surface area contributed by atoms with Gasteiger partial charge in [0.1, 0.15) is 6.04 Å². The molecule has 0 aliphatic heterocycles. The molecule has 0 bridgehead atoms. The summed E-state index contributed by atoms with van der Waals surface area (Å²) >= 11 is 0. The summed E-state index contributed by atoms with van der Waals surface area (Å²) in [6.07, 6.45) is 3.36. The summed E-state index contributed by atoms with van der Waals surface area (Å²) in [6, 6.07) is -0.499. The van der Waals surface area contributed by atoms with Crippen LogP contribution in [-0.2, 0) is 4.79 Å². The largest absolute Gasteiger partial charge is 0.480 e. The van der Waals surface area contributed by atoms with E-state index >= 15 is 0 Å². The van der Waals surface area contributed by atoms with Crippen molar-refractivity contribution in [2.24, 2.45) is 0 Å². The van der Waals surface area contributed by atoms with E-state index in [1.165, 1.54) is 0 Å². The van der Waals surface area contributed by atoms with Gasteiger partial charge >= 0.3 is 5.97 Å². The van der Waals surface area contributed by atoms with Crippen LogP contribution in [-0.4, -0.2) is 17.1 Å². The van der Waals surface area contributed by atoms with Crippen LogP contribution in [0.1, 0.15) is 13.8 Å². The Morgan fingerprint density at radius 1 is 1.78 bits per heavy atom. The van der Waals surface area contributed by atoms with Crippen molar-refractivity contribution in [2.45, 2.75) is 19.9 Å². The van der Waals surface area contributed by atoms with Gasteiger partial charge in [-0.3, -0.25) is 4.79 Å². The molecule has 2 N–H and O–H groups in total.